The average molecular weight is 256 g/mol. The van der Waals surface area contributed by atoms with Crippen molar-refractivity contribution in [2.24, 2.45) is 23.2 Å². The minimum Gasteiger partial charge on any atom is -0.394 e. The first-order chi connectivity index (χ1) is 8.33. The molecular formula is C15H28O3. The van der Waals surface area contributed by atoms with Crippen LogP contribution < -0.4 is 0 Å². The van der Waals surface area contributed by atoms with E-state index in [1.54, 1.807) is 0 Å². The molecule has 4 rings (SSSR count). The third-order valence-electron chi connectivity index (χ3n) is 5.89. The number of hydrogen-bond donors (Lipinski definition) is 3. The third-order valence-corrected chi connectivity index (χ3v) is 5.89. The average Bonchev–Trinajstić information content (AvgIpc) is 2.65. The molecule has 4 saturated carbocycles. The Bertz CT molecular complexity index is 300. The van der Waals surface area contributed by atoms with Gasteiger partial charge in [-0.2, -0.15) is 0 Å². The zero-order valence-electron chi connectivity index (χ0n) is 11.9. The van der Waals surface area contributed by atoms with Crippen molar-refractivity contribution >= 4 is 0 Å². The summed E-state index contributed by atoms with van der Waals surface area (Å²) in [5.74, 6) is 2.32. The van der Waals surface area contributed by atoms with Crippen molar-refractivity contribution < 1.29 is 15.3 Å². The fourth-order valence-corrected chi connectivity index (χ4v) is 4.61. The molecule has 18 heavy (non-hydrogen) atoms. The lowest BCUT2D eigenvalue weighted by Crippen LogP contribution is -2.59. The van der Waals surface area contributed by atoms with Crippen LogP contribution >= 0.6 is 0 Å². The molecule has 0 aliphatic heterocycles. The zero-order chi connectivity index (χ0) is 13.6. The fourth-order valence-electron chi connectivity index (χ4n) is 4.61. The molecular weight excluding hydrogens is 228 g/mol. The second-order valence-corrected chi connectivity index (χ2v) is 7.09. The van der Waals surface area contributed by atoms with E-state index in [9.17, 15) is 5.11 Å². The molecule has 0 heterocycles. The highest BCUT2D eigenvalue weighted by Gasteiger charge is 2.64. The molecule has 4 bridgehead atoms. The minimum atomic E-state index is -0.560. The molecule has 3 N–H and O–H groups in total. The SMILES string of the molecule is CC(O)CO.CC1(C)C2CCC3C(CCC31O)C2. The summed E-state index contributed by atoms with van der Waals surface area (Å²) in [6.45, 7) is 5.98. The number of rotatable bonds is 1. The van der Waals surface area contributed by atoms with Gasteiger partial charge in [-0.3, -0.25) is 0 Å². The van der Waals surface area contributed by atoms with Gasteiger partial charge in [-0.15, -0.1) is 0 Å². The molecule has 0 aromatic carbocycles. The van der Waals surface area contributed by atoms with Gasteiger partial charge in [0.2, 0.25) is 0 Å². The first kappa shape index (κ1) is 14.3. The van der Waals surface area contributed by atoms with Crippen molar-refractivity contribution in [1.82, 2.24) is 0 Å². The molecule has 0 aromatic heterocycles. The van der Waals surface area contributed by atoms with Crippen LogP contribution in [0.2, 0.25) is 0 Å². The molecule has 5 unspecified atom stereocenters. The summed E-state index contributed by atoms with van der Waals surface area (Å²) in [6, 6.07) is 0. The predicted octanol–water partition coefficient (Wildman–Crippen LogP) is 1.94. The monoisotopic (exact) mass is 256 g/mol. The maximum absolute atomic E-state index is 10.7. The van der Waals surface area contributed by atoms with Gasteiger partial charge in [0, 0.05) is 0 Å². The lowest BCUT2D eigenvalue weighted by atomic mass is 9.49. The molecule has 3 heteroatoms. The summed E-state index contributed by atoms with van der Waals surface area (Å²) < 4.78 is 0. The Balaban J connectivity index is 0.000000209. The Morgan fingerprint density at radius 2 is 1.83 bits per heavy atom. The lowest BCUT2D eigenvalue weighted by Gasteiger charge is -2.58. The van der Waals surface area contributed by atoms with Gasteiger partial charge < -0.3 is 15.3 Å². The number of fused-ring (bicyclic) bond motifs is 1. The van der Waals surface area contributed by atoms with Crippen LogP contribution in [0.1, 0.15) is 52.9 Å². The van der Waals surface area contributed by atoms with Crippen LogP contribution in [-0.2, 0) is 0 Å². The van der Waals surface area contributed by atoms with Crippen molar-refractivity contribution in [1.29, 1.82) is 0 Å². The van der Waals surface area contributed by atoms with E-state index < -0.39 is 6.10 Å². The summed E-state index contributed by atoms with van der Waals surface area (Å²) >= 11 is 0. The molecule has 4 aliphatic carbocycles. The first-order valence-corrected chi connectivity index (χ1v) is 7.34. The molecule has 3 nitrogen and oxygen atoms in total. The predicted molar refractivity (Wildman–Crippen MR) is 71.1 cm³/mol. The Morgan fingerprint density at radius 3 is 2.33 bits per heavy atom. The van der Waals surface area contributed by atoms with Gasteiger partial charge >= 0.3 is 0 Å². The van der Waals surface area contributed by atoms with Crippen molar-refractivity contribution in [3.05, 3.63) is 0 Å². The molecule has 4 aliphatic rings. The number of hydrogen-bond acceptors (Lipinski definition) is 3. The van der Waals surface area contributed by atoms with Gasteiger partial charge in [0.1, 0.15) is 0 Å². The van der Waals surface area contributed by atoms with Crippen molar-refractivity contribution in [3.8, 4) is 0 Å². The highest BCUT2D eigenvalue weighted by molar-refractivity contribution is 5.14. The second-order valence-electron chi connectivity index (χ2n) is 7.09. The Kier molecular flexibility index (Phi) is 3.79. The zero-order valence-corrected chi connectivity index (χ0v) is 11.9. The van der Waals surface area contributed by atoms with E-state index >= 15 is 0 Å². The van der Waals surface area contributed by atoms with Crippen LogP contribution in [-0.4, -0.2) is 33.6 Å². The molecule has 0 saturated heterocycles. The van der Waals surface area contributed by atoms with Crippen molar-refractivity contribution in [3.63, 3.8) is 0 Å². The van der Waals surface area contributed by atoms with Gasteiger partial charge in [-0.05, 0) is 62.2 Å². The van der Waals surface area contributed by atoms with E-state index in [0.29, 0.717) is 5.92 Å². The largest absolute Gasteiger partial charge is 0.394 e. The highest BCUT2D eigenvalue weighted by atomic mass is 16.3. The van der Waals surface area contributed by atoms with Gasteiger partial charge in [-0.1, -0.05) is 13.8 Å². The van der Waals surface area contributed by atoms with Crippen molar-refractivity contribution in [2.75, 3.05) is 6.61 Å². The molecule has 5 atom stereocenters. The highest BCUT2D eigenvalue weighted by Crippen LogP contribution is 2.66. The van der Waals surface area contributed by atoms with Crippen LogP contribution in [0.3, 0.4) is 0 Å². The summed E-state index contributed by atoms with van der Waals surface area (Å²) in [6.07, 6.45) is 5.88. The van der Waals surface area contributed by atoms with E-state index in [4.69, 9.17) is 10.2 Å². The standard InChI is InChI=1S/C12H20O.C3H8O2/c1-11(2)9-3-4-10-8(7-9)5-6-12(10,11)13;1-3(5)2-4/h8-10,13H,3-7H2,1-2H3;3-5H,2H2,1H3. The van der Waals surface area contributed by atoms with Crippen LogP contribution in [0, 0.1) is 23.2 Å². The normalized spacial score (nSPS) is 45.3. The van der Waals surface area contributed by atoms with E-state index in [-0.39, 0.29) is 17.6 Å². The Morgan fingerprint density at radius 1 is 1.22 bits per heavy atom. The maximum Gasteiger partial charge on any atom is 0.0742 e. The summed E-state index contributed by atoms with van der Waals surface area (Å²) in [5, 5.41) is 26.7. The molecule has 0 radical (unpaired) electrons. The van der Waals surface area contributed by atoms with Crippen LogP contribution in [0.5, 0.6) is 0 Å². The maximum atomic E-state index is 10.7. The minimum absolute atomic E-state index is 0.139. The van der Waals surface area contributed by atoms with Gasteiger partial charge in [0.15, 0.2) is 0 Å². The molecule has 0 aromatic rings. The van der Waals surface area contributed by atoms with Crippen molar-refractivity contribution in [2.45, 2.75) is 64.6 Å². The second kappa shape index (κ2) is 4.77. The Hall–Kier alpha value is -0.120. The topological polar surface area (TPSA) is 60.7 Å². The van der Waals surface area contributed by atoms with E-state index in [2.05, 4.69) is 13.8 Å². The first-order valence-electron chi connectivity index (χ1n) is 7.34. The molecule has 106 valence electrons. The van der Waals surface area contributed by atoms with Crippen LogP contribution in [0.15, 0.2) is 0 Å². The number of aliphatic hydroxyl groups is 3. The van der Waals surface area contributed by atoms with E-state index in [1.165, 1.54) is 32.6 Å². The van der Waals surface area contributed by atoms with Gasteiger partial charge in [0.25, 0.3) is 0 Å². The Labute approximate surface area is 110 Å². The fraction of sp³-hybridized carbons (Fsp3) is 1.00. The molecule has 0 amide bonds. The molecule has 4 fully saturated rings. The molecule has 0 spiro atoms. The van der Waals surface area contributed by atoms with Gasteiger partial charge in [-0.25, -0.2) is 0 Å². The smallest absolute Gasteiger partial charge is 0.0742 e. The quantitative estimate of drug-likeness (QED) is 0.672. The summed E-state index contributed by atoms with van der Waals surface area (Å²) in [4.78, 5) is 0. The third kappa shape index (κ3) is 2.00. The van der Waals surface area contributed by atoms with Crippen LogP contribution in [0.4, 0.5) is 0 Å². The lowest BCUT2D eigenvalue weighted by molar-refractivity contribution is -0.185. The summed E-state index contributed by atoms with van der Waals surface area (Å²) in [7, 11) is 0. The number of aliphatic hydroxyl groups excluding tert-OH is 2. The van der Waals surface area contributed by atoms with Gasteiger partial charge in [0.05, 0.1) is 18.3 Å². The van der Waals surface area contributed by atoms with E-state index in [0.717, 1.165) is 18.3 Å². The summed E-state index contributed by atoms with van der Waals surface area (Å²) in [5.41, 5.74) is -0.0955. The van der Waals surface area contributed by atoms with Crippen LogP contribution in [0.25, 0.3) is 0 Å². The van der Waals surface area contributed by atoms with E-state index in [1.807, 2.05) is 0 Å².